The van der Waals surface area contributed by atoms with Crippen LogP contribution in [0.5, 0.6) is 0 Å². The molecule has 0 radical (unpaired) electrons. The molecule has 110 valence electrons. The lowest BCUT2D eigenvalue weighted by Crippen LogP contribution is -2.50. The standard InChI is InChI=1S/C17H26N2O/c1-13(16(20)18-17(2,3)4)19-11-10-15(12-19)14-8-6-5-7-9-14/h5-9,13,15H,10-12H2,1-4H3,(H,18,20)/t13-,15-/m0/s1. The first-order chi connectivity index (χ1) is 9.37. The minimum absolute atomic E-state index is 0.0528. The molecule has 1 aliphatic rings. The molecule has 0 aliphatic carbocycles. The second kappa shape index (κ2) is 5.96. The lowest BCUT2D eigenvalue weighted by molar-refractivity contribution is -0.127. The van der Waals surface area contributed by atoms with E-state index >= 15 is 0 Å². The number of hydrogen-bond donors (Lipinski definition) is 1. The third-order valence-corrected chi connectivity index (χ3v) is 3.92. The van der Waals surface area contributed by atoms with Gasteiger partial charge in [-0.2, -0.15) is 0 Å². The van der Waals surface area contributed by atoms with Crippen LogP contribution >= 0.6 is 0 Å². The molecule has 1 heterocycles. The minimum Gasteiger partial charge on any atom is -0.350 e. The highest BCUT2D eigenvalue weighted by molar-refractivity contribution is 5.82. The lowest BCUT2D eigenvalue weighted by Gasteiger charge is -2.28. The van der Waals surface area contributed by atoms with Crippen molar-refractivity contribution >= 4 is 5.91 Å². The van der Waals surface area contributed by atoms with E-state index in [4.69, 9.17) is 0 Å². The summed E-state index contributed by atoms with van der Waals surface area (Å²) in [6.07, 6.45) is 1.14. The van der Waals surface area contributed by atoms with Gasteiger partial charge in [-0.15, -0.1) is 0 Å². The lowest BCUT2D eigenvalue weighted by atomic mass is 9.99. The van der Waals surface area contributed by atoms with Crippen molar-refractivity contribution in [1.29, 1.82) is 0 Å². The molecule has 1 aromatic rings. The van der Waals surface area contributed by atoms with Gasteiger partial charge in [0.15, 0.2) is 0 Å². The summed E-state index contributed by atoms with van der Waals surface area (Å²) < 4.78 is 0. The number of rotatable bonds is 3. The molecular weight excluding hydrogens is 248 g/mol. The highest BCUT2D eigenvalue weighted by Gasteiger charge is 2.31. The van der Waals surface area contributed by atoms with Crippen LogP contribution in [0.1, 0.15) is 45.6 Å². The first kappa shape index (κ1) is 15.0. The van der Waals surface area contributed by atoms with Gasteiger partial charge in [0.1, 0.15) is 0 Å². The Morgan fingerprint density at radius 3 is 2.55 bits per heavy atom. The Kier molecular flexibility index (Phi) is 4.48. The highest BCUT2D eigenvalue weighted by Crippen LogP contribution is 2.28. The number of hydrogen-bond acceptors (Lipinski definition) is 2. The summed E-state index contributed by atoms with van der Waals surface area (Å²) in [6, 6.07) is 10.6. The van der Waals surface area contributed by atoms with E-state index in [1.165, 1.54) is 5.56 Å². The summed E-state index contributed by atoms with van der Waals surface area (Å²) in [7, 11) is 0. The van der Waals surface area contributed by atoms with Crippen LogP contribution in [0.25, 0.3) is 0 Å². The summed E-state index contributed by atoms with van der Waals surface area (Å²) in [5, 5.41) is 3.07. The van der Waals surface area contributed by atoms with Crippen molar-refractivity contribution in [3.05, 3.63) is 35.9 Å². The van der Waals surface area contributed by atoms with Crippen LogP contribution in [0.2, 0.25) is 0 Å². The van der Waals surface area contributed by atoms with Gasteiger partial charge in [-0.05, 0) is 52.1 Å². The predicted octanol–water partition coefficient (Wildman–Crippen LogP) is 2.78. The Morgan fingerprint density at radius 2 is 1.95 bits per heavy atom. The number of likely N-dealkylation sites (tertiary alicyclic amines) is 1. The Balaban J connectivity index is 1.94. The third-order valence-electron chi connectivity index (χ3n) is 3.92. The van der Waals surface area contributed by atoms with Gasteiger partial charge in [-0.3, -0.25) is 9.69 Å². The second-order valence-corrected chi connectivity index (χ2v) is 6.81. The fourth-order valence-corrected chi connectivity index (χ4v) is 2.78. The maximum Gasteiger partial charge on any atom is 0.237 e. The molecular formula is C17H26N2O. The Bertz CT molecular complexity index is 450. The maximum atomic E-state index is 12.2. The fourth-order valence-electron chi connectivity index (χ4n) is 2.78. The molecule has 0 unspecified atom stereocenters. The van der Waals surface area contributed by atoms with Crippen LogP contribution in [0, 0.1) is 0 Å². The molecule has 2 atom stereocenters. The molecule has 3 heteroatoms. The topological polar surface area (TPSA) is 32.3 Å². The number of carbonyl (C=O) groups is 1. The fraction of sp³-hybridized carbons (Fsp3) is 0.588. The highest BCUT2D eigenvalue weighted by atomic mass is 16.2. The summed E-state index contributed by atoms with van der Waals surface area (Å²) >= 11 is 0. The van der Waals surface area contributed by atoms with Gasteiger partial charge < -0.3 is 5.32 Å². The van der Waals surface area contributed by atoms with Crippen LogP contribution < -0.4 is 5.32 Å². The average Bonchev–Trinajstić information content (AvgIpc) is 2.86. The molecule has 1 N–H and O–H groups in total. The average molecular weight is 274 g/mol. The smallest absolute Gasteiger partial charge is 0.237 e. The predicted molar refractivity (Wildman–Crippen MR) is 82.7 cm³/mol. The SMILES string of the molecule is C[C@@H](C(=O)NC(C)(C)C)N1CC[C@H](c2ccccc2)C1. The van der Waals surface area contributed by atoms with Crippen molar-refractivity contribution in [2.75, 3.05) is 13.1 Å². The van der Waals surface area contributed by atoms with Gasteiger partial charge in [-0.1, -0.05) is 30.3 Å². The monoisotopic (exact) mass is 274 g/mol. The number of nitrogens with zero attached hydrogens (tertiary/aromatic N) is 1. The second-order valence-electron chi connectivity index (χ2n) is 6.81. The van der Waals surface area contributed by atoms with Gasteiger partial charge in [0, 0.05) is 12.1 Å². The molecule has 0 spiro atoms. The zero-order chi connectivity index (χ0) is 14.8. The van der Waals surface area contributed by atoms with E-state index in [0.29, 0.717) is 5.92 Å². The molecule has 3 nitrogen and oxygen atoms in total. The van der Waals surface area contributed by atoms with Crippen LogP contribution in [0.4, 0.5) is 0 Å². The molecule has 1 amide bonds. The summed E-state index contributed by atoms with van der Waals surface area (Å²) in [4.78, 5) is 14.5. The van der Waals surface area contributed by atoms with Gasteiger partial charge >= 0.3 is 0 Å². The van der Waals surface area contributed by atoms with Crippen molar-refractivity contribution < 1.29 is 4.79 Å². The van der Waals surface area contributed by atoms with E-state index in [1.807, 2.05) is 27.7 Å². The zero-order valence-corrected chi connectivity index (χ0v) is 13.0. The van der Waals surface area contributed by atoms with Gasteiger partial charge in [0.2, 0.25) is 5.91 Å². The van der Waals surface area contributed by atoms with E-state index in [1.54, 1.807) is 0 Å². The molecule has 1 fully saturated rings. The van der Waals surface area contributed by atoms with Crippen molar-refractivity contribution in [3.8, 4) is 0 Å². The Morgan fingerprint density at radius 1 is 1.30 bits per heavy atom. The van der Waals surface area contributed by atoms with Gasteiger partial charge in [0.05, 0.1) is 6.04 Å². The zero-order valence-electron chi connectivity index (χ0n) is 13.0. The third kappa shape index (κ3) is 3.83. The van der Waals surface area contributed by atoms with Crippen molar-refractivity contribution in [1.82, 2.24) is 10.2 Å². The Labute approximate surface area is 122 Å². The quantitative estimate of drug-likeness (QED) is 0.919. The van der Waals surface area contributed by atoms with Crippen molar-refractivity contribution in [3.63, 3.8) is 0 Å². The number of nitrogens with one attached hydrogen (secondary N) is 1. The van der Waals surface area contributed by atoms with E-state index in [9.17, 15) is 4.79 Å². The first-order valence-corrected chi connectivity index (χ1v) is 7.48. The van der Waals surface area contributed by atoms with E-state index < -0.39 is 0 Å². The van der Waals surface area contributed by atoms with E-state index in [-0.39, 0.29) is 17.5 Å². The normalized spacial score (nSPS) is 21.7. The minimum atomic E-state index is -0.163. The molecule has 0 saturated carbocycles. The van der Waals surface area contributed by atoms with Gasteiger partial charge in [0.25, 0.3) is 0 Å². The molecule has 1 aromatic carbocycles. The number of amides is 1. The van der Waals surface area contributed by atoms with Crippen LogP contribution in [-0.2, 0) is 4.79 Å². The van der Waals surface area contributed by atoms with Crippen molar-refractivity contribution in [2.45, 2.75) is 51.6 Å². The molecule has 20 heavy (non-hydrogen) atoms. The molecule has 0 aromatic heterocycles. The van der Waals surface area contributed by atoms with Crippen molar-refractivity contribution in [2.24, 2.45) is 0 Å². The summed E-state index contributed by atoms with van der Waals surface area (Å²) in [6.45, 7) is 10.0. The largest absolute Gasteiger partial charge is 0.350 e. The van der Waals surface area contributed by atoms with E-state index in [0.717, 1.165) is 19.5 Å². The molecule has 1 saturated heterocycles. The molecule has 1 aliphatic heterocycles. The van der Waals surface area contributed by atoms with E-state index in [2.05, 4.69) is 40.5 Å². The first-order valence-electron chi connectivity index (χ1n) is 7.48. The number of carbonyl (C=O) groups excluding carboxylic acids is 1. The van der Waals surface area contributed by atoms with Crippen LogP contribution in [0.3, 0.4) is 0 Å². The molecule has 2 rings (SSSR count). The van der Waals surface area contributed by atoms with Gasteiger partial charge in [-0.25, -0.2) is 0 Å². The summed E-state index contributed by atoms with van der Waals surface area (Å²) in [5.74, 6) is 0.687. The number of benzene rings is 1. The maximum absolute atomic E-state index is 12.2. The van der Waals surface area contributed by atoms with Crippen LogP contribution in [0.15, 0.2) is 30.3 Å². The summed E-state index contributed by atoms with van der Waals surface area (Å²) in [5.41, 5.74) is 1.22. The van der Waals surface area contributed by atoms with Crippen LogP contribution in [-0.4, -0.2) is 35.5 Å². The molecule has 0 bridgehead atoms. The Hall–Kier alpha value is -1.35.